The van der Waals surface area contributed by atoms with Crippen molar-refractivity contribution in [3.05, 3.63) is 0 Å². The molecule has 1 rings (SSSR count). The summed E-state index contributed by atoms with van der Waals surface area (Å²) in [7, 11) is 1.67. The first-order valence-electron chi connectivity index (χ1n) is 4.50. The van der Waals surface area contributed by atoms with Gasteiger partial charge in [0.25, 0.3) is 0 Å². The Morgan fingerprint density at radius 1 is 1.50 bits per heavy atom. The van der Waals surface area contributed by atoms with Crippen molar-refractivity contribution in [2.24, 2.45) is 0 Å². The van der Waals surface area contributed by atoms with Gasteiger partial charge in [-0.1, -0.05) is 0 Å². The van der Waals surface area contributed by atoms with Gasteiger partial charge >= 0.3 is 0 Å². The number of hydrogen-bond donors (Lipinski definition) is 2. The molecule has 0 aromatic heterocycles. The fourth-order valence-corrected chi connectivity index (χ4v) is 1.29. The Labute approximate surface area is 73.6 Å². The van der Waals surface area contributed by atoms with Gasteiger partial charge in [-0.05, 0) is 19.4 Å². The van der Waals surface area contributed by atoms with Crippen LogP contribution in [-0.2, 0) is 9.57 Å². The minimum Gasteiger partial charge on any atom is -0.382 e. The van der Waals surface area contributed by atoms with Crippen LogP contribution in [0.15, 0.2) is 0 Å². The van der Waals surface area contributed by atoms with E-state index in [1.807, 2.05) is 0 Å². The van der Waals surface area contributed by atoms with Crippen molar-refractivity contribution >= 4 is 0 Å². The zero-order valence-electron chi connectivity index (χ0n) is 7.64. The van der Waals surface area contributed by atoms with Crippen molar-refractivity contribution in [3.63, 3.8) is 0 Å². The standard InChI is InChI=1S/C8H18N2O2/c1-11-5-6-12-10-7-8-3-2-4-9-8/h8-10H,2-7H2,1H3. The van der Waals surface area contributed by atoms with Crippen LogP contribution >= 0.6 is 0 Å². The minimum atomic E-state index is 0.590. The maximum absolute atomic E-state index is 5.12. The molecule has 4 nitrogen and oxygen atoms in total. The lowest BCUT2D eigenvalue weighted by molar-refractivity contribution is 0.00412. The highest BCUT2D eigenvalue weighted by Gasteiger charge is 2.12. The third-order valence-electron chi connectivity index (χ3n) is 1.98. The number of ether oxygens (including phenoxy) is 1. The smallest absolute Gasteiger partial charge is 0.0915 e. The van der Waals surface area contributed by atoms with Crippen molar-refractivity contribution in [3.8, 4) is 0 Å². The van der Waals surface area contributed by atoms with E-state index in [1.54, 1.807) is 7.11 Å². The highest BCUT2D eigenvalue weighted by Crippen LogP contribution is 2.02. The van der Waals surface area contributed by atoms with Crippen LogP contribution in [0.1, 0.15) is 12.8 Å². The molecule has 1 heterocycles. The summed E-state index contributed by atoms with van der Waals surface area (Å²) < 4.78 is 4.83. The average Bonchev–Trinajstić information content (AvgIpc) is 2.57. The summed E-state index contributed by atoms with van der Waals surface area (Å²) >= 11 is 0. The molecule has 72 valence electrons. The van der Waals surface area contributed by atoms with Crippen molar-refractivity contribution in [1.82, 2.24) is 10.8 Å². The Kier molecular flexibility index (Phi) is 5.27. The summed E-state index contributed by atoms with van der Waals surface area (Å²) in [6.07, 6.45) is 2.53. The van der Waals surface area contributed by atoms with Gasteiger partial charge < -0.3 is 10.1 Å². The van der Waals surface area contributed by atoms with Gasteiger partial charge in [-0.15, -0.1) is 0 Å². The highest BCUT2D eigenvalue weighted by molar-refractivity contribution is 4.74. The number of nitrogens with one attached hydrogen (secondary N) is 2. The molecule has 1 unspecified atom stereocenters. The minimum absolute atomic E-state index is 0.590. The van der Waals surface area contributed by atoms with E-state index in [0.717, 1.165) is 13.1 Å². The van der Waals surface area contributed by atoms with Gasteiger partial charge in [0.1, 0.15) is 0 Å². The molecule has 1 fully saturated rings. The molecule has 12 heavy (non-hydrogen) atoms. The number of methoxy groups -OCH3 is 1. The zero-order valence-corrected chi connectivity index (χ0v) is 7.64. The molecular weight excluding hydrogens is 156 g/mol. The Hall–Kier alpha value is -0.160. The van der Waals surface area contributed by atoms with Crippen LogP contribution in [0.2, 0.25) is 0 Å². The molecule has 0 aromatic carbocycles. The van der Waals surface area contributed by atoms with E-state index in [4.69, 9.17) is 9.57 Å². The SMILES string of the molecule is COCCONCC1CCCN1. The Morgan fingerprint density at radius 2 is 2.42 bits per heavy atom. The summed E-state index contributed by atoms with van der Waals surface area (Å²) in [6, 6.07) is 0.590. The van der Waals surface area contributed by atoms with Gasteiger partial charge in [-0.3, -0.25) is 4.84 Å². The fourth-order valence-electron chi connectivity index (χ4n) is 1.29. The molecule has 1 aliphatic heterocycles. The van der Waals surface area contributed by atoms with Gasteiger partial charge in [-0.2, -0.15) is 0 Å². The van der Waals surface area contributed by atoms with Gasteiger partial charge in [-0.25, -0.2) is 5.48 Å². The maximum atomic E-state index is 5.12. The first-order valence-corrected chi connectivity index (χ1v) is 4.50. The van der Waals surface area contributed by atoms with Gasteiger partial charge in [0.05, 0.1) is 13.2 Å². The van der Waals surface area contributed by atoms with Crippen LogP contribution < -0.4 is 10.8 Å². The third-order valence-corrected chi connectivity index (χ3v) is 1.98. The second-order valence-corrected chi connectivity index (χ2v) is 2.98. The van der Waals surface area contributed by atoms with Crippen LogP contribution in [-0.4, -0.2) is 39.5 Å². The quantitative estimate of drug-likeness (QED) is 0.436. The van der Waals surface area contributed by atoms with E-state index in [9.17, 15) is 0 Å². The van der Waals surface area contributed by atoms with E-state index in [1.165, 1.54) is 12.8 Å². The molecule has 0 amide bonds. The number of hydrogen-bond acceptors (Lipinski definition) is 4. The summed E-state index contributed by atoms with van der Waals surface area (Å²) in [5, 5.41) is 3.37. The Bertz CT molecular complexity index is 105. The van der Waals surface area contributed by atoms with Crippen LogP contribution in [0.5, 0.6) is 0 Å². The van der Waals surface area contributed by atoms with E-state index < -0.39 is 0 Å². The predicted octanol–water partition coefficient (Wildman–Crippen LogP) is -0.0940. The predicted molar refractivity (Wildman–Crippen MR) is 46.9 cm³/mol. The van der Waals surface area contributed by atoms with Crippen LogP contribution in [0, 0.1) is 0 Å². The van der Waals surface area contributed by atoms with Crippen molar-refractivity contribution in [1.29, 1.82) is 0 Å². The molecule has 0 aliphatic carbocycles. The summed E-state index contributed by atoms with van der Waals surface area (Å²) in [5.74, 6) is 0. The van der Waals surface area contributed by atoms with Crippen molar-refractivity contribution in [2.75, 3.05) is 33.4 Å². The summed E-state index contributed by atoms with van der Waals surface area (Å²) in [6.45, 7) is 3.29. The Balaban J connectivity index is 1.81. The van der Waals surface area contributed by atoms with E-state index >= 15 is 0 Å². The second kappa shape index (κ2) is 6.37. The first kappa shape index (κ1) is 9.92. The van der Waals surface area contributed by atoms with Gasteiger partial charge in [0.2, 0.25) is 0 Å². The van der Waals surface area contributed by atoms with Gasteiger partial charge in [0.15, 0.2) is 0 Å². The molecule has 4 heteroatoms. The first-order chi connectivity index (χ1) is 5.93. The lowest BCUT2D eigenvalue weighted by Gasteiger charge is -2.10. The average molecular weight is 174 g/mol. The molecule has 1 atom stereocenters. The third kappa shape index (κ3) is 4.01. The molecule has 2 N–H and O–H groups in total. The number of hydroxylamine groups is 1. The topological polar surface area (TPSA) is 42.5 Å². The normalized spacial score (nSPS) is 23.2. The fraction of sp³-hybridized carbons (Fsp3) is 1.00. The monoisotopic (exact) mass is 174 g/mol. The van der Waals surface area contributed by atoms with Crippen LogP contribution in [0.25, 0.3) is 0 Å². The number of rotatable bonds is 6. The molecule has 1 aliphatic rings. The molecule has 0 radical (unpaired) electrons. The lowest BCUT2D eigenvalue weighted by Crippen LogP contribution is -2.34. The highest BCUT2D eigenvalue weighted by atomic mass is 16.7. The van der Waals surface area contributed by atoms with Crippen LogP contribution in [0.3, 0.4) is 0 Å². The Morgan fingerprint density at radius 3 is 3.08 bits per heavy atom. The molecule has 0 saturated carbocycles. The molecule has 1 saturated heterocycles. The molecule has 0 aromatic rings. The second-order valence-electron chi connectivity index (χ2n) is 2.98. The van der Waals surface area contributed by atoms with E-state index in [0.29, 0.717) is 19.3 Å². The maximum Gasteiger partial charge on any atom is 0.0915 e. The molecular formula is C8H18N2O2. The van der Waals surface area contributed by atoms with Gasteiger partial charge in [0, 0.05) is 19.7 Å². The lowest BCUT2D eigenvalue weighted by atomic mass is 10.2. The van der Waals surface area contributed by atoms with E-state index in [-0.39, 0.29) is 0 Å². The molecule has 0 bridgehead atoms. The van der Waals surface area contributed by atoms with Crippen molar-refractivity contribution in [2.45, 2.75) is 18.9 Å². The summed E-state index contributed by atoms with van der Waals surface area (Å²) in [4.78, 5) is 5.12. The zero-order chi connectivity index (χ0) is 8.65. The largest absolute Gasteiger partial charge is 0.382 e. The summed E-state index contributed by atoms with van der Waals surface area (Å²) in [5.41, 5.74) is 2.92. The molecule has 0 spiro atoms. The van der Waals surface area contributed by atoms with Crippen LogP contribution in [0.4, 0.5) is 0 Å². The van der Waals surface area contributed by atoms with E-state index in [2.05, 4.69) is 10.8 Å². The van der Waals surface area contributed by atoms with Crippen molar-refractivity contribution < 1.29 is 9.57 Å².